The van der Waals surface area contributed by atoms with E-state index in [0.717, 1.165) is 35.6 Å². The number of hydrogen-bond acceptors (Lipinski definition) is 6. The number of aryl methyl sites for hydroxylation is 1. The molecule has 0 radical (unpaired) electrons. The number of nitrogens with zero attached hydrogens (tertiary/aromatic N) is 2. The molecular formula is C13H17N3O2S2. The first-order valence-corrected chi connectivity index (χ1v) is 8.51. The van der Waals surface area contributed by atoms with Crippen molar-refractivity contribution in [3.8, 4) is 0 Å². The van der Waals surface area contributed by atoms with Gasteiger partial charge in [0.2, 0.25) is 11.8 Å². The quantitative estimate of drug-likeness (QED) is 0.866. The van der Waals surface area contributed by atoms with E-state index >= 15 is 0 Å². The van der Waals surface area contributed by atoms with E-state index in [4.69, 9.17) is 5.73 Å². The summed E-state index contributed by atoms with van der Waals surface area (Å²) in [6, 6.07) is 0.133. The molecule has 7 heteroatoms. The summed E-state index contributed by atoms with van der Waals surface area (Å²) in [5.41, 5.74) is 6.52. The van der Waals surface area contributed by atoms with Crippen LogP contribution in [0.1, 0.15) is 37.8 Å². The van der Waals surface area contributed by atoms with Crippen LogP contribution in [-0.2, 0) is 9.59 Å². The Morgan fingerprint density at radius 3 is 2.65 bits per heavy atom. The summed E-state index contributed by atoms with van der Waals surface area (Å²) in [7, 11) is 0. The van der Waals surface area contributed by atoms with Crippen molar-refractivity contribution in [2.75, 3.05) is 5.73 Å². The van der Waals surface area contributed by atoms with Crippen molar-refractivity contribution in [2.24, 2.45) is 0 Å². The van der Waals surface area contributed by atoms with Crippen LogP contribution < -0.4 is 5.73 Å². The second kappa shape index (κ2) is 5.37. The molecule has 2 amide bonds. The minimum Gasteiger partial charge on any atom is -0.375 e. The number of rotatable bonds is 3. The molecule has 2 heterocycles. The molecule has 1 aromatic heterocycles. The molecule has 2 N–H and O–H groups in total. The van der Waals surface area contributed by atoms with Crippen LogP contribution in [0.25, 0.3) is 0 Å². The Kier molecular flexibility index (Phi) is 3.72. The van der Waals surface area contributed by atoms with Gasteiger partial charge in [0.1, 0.15) is 0 Å². The first-order chi connectivity index (χ1) is 9.56. The summed E-state index contributed by atoms with van der Waals surface area (Å²) in [4.78, 5) is 30.3. The molecule has 108 valence electrons. The van der Waals surface area contributed by atoms with E-state index in [1.54, 1.807) is 0 Å². The maximum atomic E-state index is 12.5. The summed E-state index contributed by atoms with van der Waals surface area (Å²) in [6.07, 6.45) is 4.45. The second-order valence-electron chi connectivity index (χ2n) is 5.28. The van der Waals surface area contributed by atoms with E-state index in [0.29, 0.717) is 11.6 Å². The molecule has 3 rings (SSSR count). The van der Waals surface area contributed by atoms with Crippen molar-refractivity contribution in [1.29, 1.82) is 0 Å². The molecular weight excluding hydrogens is 294 g/mol. The molecule has 20 heavy (non-hydrogen) atoms. The molecule has 0 aromatic carbocycles. The number of hydrogen-bond donors (Lipinski definition) is 1. The highest BCUT2D eigenvalue weighted by Crippen LogP contribution is 2.39. The number of imide groups is 1. The van der Waals surface area contributed by atoms with Gasteiger partial charge in [-0.25, -0.2) is 4.98 Å². The lowest BCUT2D eigenvalue weighted by Gasteiger charge is -2.21. The highest BCUT2D eigenvalue weighted by molar-refractivity contribution is 8.02. The van der Waals surface area contributed by atoms with E-state index in [9.17, 15) is 9.59 Å². The van der Waals surface area contributed by atoms with Gasteiger partial charge in [-0.3, -0.25) is 14.5 Å². The molecule has 1 saturated carbocycles. The number of thiazole rings is 1. The second-order valence-corrected chi connectivity index (χ2v) is 7.78. The minimum atomic E-state index is -0.304. The normalized spacial score (nSPS) is 24.1. The van der Waals surface area contributed by atoms with Gasteiger partial charge in [0.05, 0.1) is 15.2 Å². The first kappa shape index (κ1) is 13.9. The van der Waals surface area contributed by atoms with Crippen molar-refractivity contribution in [2.45, 2.75) is 54.5 Å². The highest BCUT2D eigenvalue weighted by Gasteiger charge is 2.43. The van der Waals surface area contributed by atoms with Crippen LogP contribution in [-0.4, -0.2) is 33.0 Å². The molecule has 1 saturated heterocycles. The van der Waals surface area contributed by atoms with Gasteiger partial charge in [-0.1, -0.05) is 35.9 Å². The van der Waals surface area contributed by atoms with Crippen LogP contribution in [0.2, 0.25) is 0 Å². The number of likely N-dealkylation sites (tertiary alicyclic amines) is 1. The van der Waals surface area contributed by atoms with Crippen molar-refractivity contribution in [3.05, 3.63) is 5.69 Å². The van der Waals surface area contributed by atoms with Crippen molar-refractivity contribution >= 4 is 40.0 Å². The number of carbonyl (C=O) groups is 2. The summed E-state index contributed by atoms with van der Waals surface area (Å²) in [5.74, 6) is -0.0483. The fraction of sp³-hybridized carbons (Fsp3) is 0.615. The molecule has 1 unspecified atom stereocenters. The van der Waals surface area contributed by atoms with Crippen molar-refractivity contribution < 1.29 is 9.59 Å². The van der Waals surface area contributed by atoms with Crippen LogP contribution in [0.4, 0.5) is 5.13 Å². The average molecular weight is 311 g/mol. The fourth-order valence-corrected chi connectivity index (χ4v) is 5.18. The van der Waals surface area contributed by atoms with Gasteiger partial charge in [0, 0.05) is 12.5 Å². The van der Waals surface area contributed by atoms with Gasteiger partial charge >= 0.3 is 0 Å². The van der Waals surface area contributed by atoms with Gasteiger partial charge < -0.3 is 5.73 Å². The number of carbonyl (C=O) groups excluding carboxylic acids is 2. The van der Waals surface area contributed by atoms with E-state index in [1.807, 2.05) is 6.92 Å². The maximum absolute atomic E-state index is 12.5. The number of anilines is 1. The zero-order chi connectivity index (χ0) is 14.3. The number of amides is 2. The molecule has 2 fully saturated rings. The Balaban J connectivity index is 1.74. The summed E-state index contributed by atoms with van der Waals surface area (Å²) >= 11 is 2.82. The Hall–Kier alpha value is -1.08. The SMILES string of the molecule is Cc1nc(N)sc1SC1CC(=O)N(C2CCCC2)C1=O. The van der Waals surface area contributed by atoms with Crippen LogP contribution >= 0.6 is 23.1 Å². The Morgan fingerprint density at radius 1 is 1.35 bits per heavy atom. The van der Waals surface area contributed by atoms with Crippen LogP contribution in [0.3, 0.4) is 0 Å². The predicted octanol–water partition coefficient (Wildman–Crippen LogP) is 2.20. The lowest BCUT2D eigenvalue weighted by atomic mass is 10.2. The van der Waals surface area contributed by atoms with Crippen molar-refractivity contribution in [3.63, 3.8) is 0 Å². The van der Waals surface area contributed by atoms with Gasteiger partial charge in [0.25, 0.3) is 0 Å². The number of aromatic nitrogens is 1. The minimum absolute atomic E-state index is 0.0189. The van der Waals surface area contributed by atoms with Gasteiger partial charge in [-0.15, -0.1) is 0 Å². The number of nitrogens with two attached hydrogens (primary N) is 1. The van der Waals surface area contributed by atoms with Gasteiger partial charge in [-0.2, -0.15) is 0 Å². The van der Waals surface area contributed by atoms with E-state index in [2.05, 4.69) is 4.98 Å². The lowest BCUT2D eigenvalue weighted by molar-refractivity contribution is -0.140. The third kappa shape index (κ3) is 2.44. The van der Waals surface area contributed by atoms with E-state index in [-0.39, 0.29) is 23.1 Å². The molecule has 1 atom stereocenters. The number of nitrogen functional groups attached to an aromatic ring is 1. The lowest BCUT2D eigenvalue weighted by Crippen LogP contribution is -2.39. The molecule has 1 aromatic rings. The Labute approximate surface area is 125 Å². The monoisotopic (exact) mass is 311 g/mol. The zero-order valence-electron chi connectivity index (χ0n) is 11.3. The largest absolute Gasteiger partial charge is 0.375 e. The van der Waals surface area contributed by atoms with Crippen LogP contribution in [0.15, 0.2) is 4.21 Å². The van der Waals surface area contributed by atoms with Gasteiger partial charge in [0.15, 0.2) is 5.13 Å². The third-order valence-electron chi connectivity index (χ3n) is 3.85. The first-order valence-electron chi connectivity index (χ1n) is 6.81. The highest BCUT2D eigenvalue weighted by atomic mass is 32.2. The fourth-order valence-electron chi connectivity index (χ4n) is 2.90. The topological polar surface area (TPSA) is 76.3 Å². The van der Waals surface area contributed by atoms with Gasteiger partial charge in [-0.05, 0) is 19.8 Å². The van der Waals surface area contributed by atoms with E-state index in [1.165, 1.54) is 28.0 Å². The molecule has 0 spiro atoms. The van der Waals surface area contributed by atoms with Crippen molar-refractivity contribution in [1.82, 2.24) is 9.88 Å². The zero-order valence-corrected chi connectivity index (χ0v) is 12.9. The molecule has 5 nitrogen and oxygen atoms in total. The summed E-state index contributed by atoms with van der Waals surface area (Å²) in [5, 5.41) is 0.205. The average Bonchev–Trinajstić information content (AvgIpc) is 3.04. The Bertz CT molecular complexity index is 552. The standard InChI is InChI=1S/C13H17N3O2S2/c1-7-12(20-13(14)15-7)19-9-6-10(17)16(11(9)18)8-4-2-3-5-8/h8-9H,2-6H2,1H3,(H2,14,15). The smallest absolute Gasteiger partial charge is 0.243 e. The predicted molar refractivity (Wildman–Crippen MR) is 79.6 cm³/mol. The Morgan fingerprint density at radius 2 is 2.05 bits per heavy atom. The molecule has 2 aliphatic rings. The number of thioether (sulfide) groups is 1. The molecule has 1 aliphatic heterocycles. The van der Waals surface area contributed by atoms with E-state index < -0.39 is 0 Å². The molecule has 1 aliphatic carbocycles. The summed E-state index contributed by atoms with van der Waals surface area (Å²) < 4.78 is 0.946. The maximum Gasteiger partial charge on any atom is 0.243 e. The van der Waals surface area contributed by atoms with Crippen LogP contribution in [0, 0.1) is 6.92 Å². The summed E-state index contributed by atoms with van der Waals surface area (Å²) in [6.45, 7) is 1.88. The third-order valence-corrected chi connectivity index (χ3v) is 6.33. The van der Waals surface area contributed by atoms with Crippen LogP contribution in [0.5, 0.6) is 0 Å². The molecule has 0 bridgehead atoms.